The molecular weight excluding hydrogens is 272 g/mol. The molecule has 1 aliphatic heterocycles. The maximum absolute atomic E-state index is 12.1. The van der Waals surface area contributed by atoms with Crippen LogP contribution in [-0.4, -0.2) is 41.3 Å². The van der Waals surface area contributed by atoms with Crippen LogP contribution in [0.25, 0.3) is 0 Å². The molecule has 0 spiro atoms. The van der Waals surface area contributed by atoms with E-state index in [0.717, 1.165) is 18.5 Å². The first-order valence-corrected chi connectivity index (χ1v) is 7.21. The van der Waals surface area contributed by atoms with Gasteiger partial charge in [0.1, 0.15) is 0 Å². The normalized spacial score (nSPS) is 17.4. The Balaban J connectivity index is 1.96. The second kappa shape index (κ2) is 6.76. The number of carbonyl (C=O) groups excluding carboxylic acids is 1. The Morgan fingerprint density at radius 3 is 2.67 bits per heavy atom. The Morgan fingerprint density at radius 1 is 1.48 bits per heavy atom. The predicted molar refractivity (Wildman–Crippen MR) is 77.2 cm³/mol. The van der Waals surface area contributed by atoms with Gasteiger partial charge in [0.05, 0.1) is 11.5 Å². The second-order valence-electron chi connectivity index (χ2n) is 5.53. The third-order valence-corrected chi connectivity index (χ3v) is 4.26. The minimum absolute atomic E-state index is 0.0634. The van der Waals surface area contributed by atoms with Crippen LogP contribution in [-0.2, 0) is 16.6 Å². The lowest BCUT2D eigenvalue weighted by Gasteiger charge is -2.27. The number of carboxylic acids is 1. The van der Waals surface area contributed by atoms with Crippen molar-refractivity contribution in [2.45, 2.75) is 19.8 Å². The van der Waals surface area contributed by atoms with Crippen LogP contribution in [0.15, 0.2) is 12.3 Å². The molecule has 0 saturated carbocycles. The first-order chi connectivity index (χ1) is 10.0. The molecule has 1 saturated heterocycles. The van der Waals surface area contributed by atoms with Crippen molar-refractivity contribution in [1.29, 1.82) is 0 Å². The standard InChI is InChI=1S/C15H22N2O4/c1-10-12(3-6-17(10)2)14(18)16-9-13(15(19)20)11-4-7-21-8-5-11/h3,6,11,13H,4-5,7-9H2,1-2H3,(H,16,18)(H,19,20). The third-order valence-electron chi connectivity index (χ3n) is 4.26. The number of rotatable bonds is 5. The smallest absolute Gasteiger partial charge is 0.308 e. The highest BCUT2D eigenvalue weighted by Crippen LogP contribution is 2.24. The van der Waals surface area contributed by atoms with E-state index in [1.807, 2.05) is 24.7 Å². The molecule has 1 aliphatic rings. The third kappa shape index (κ3) is 3.64. The van der Waals surface area contributed by atoms with Crippen molar-refractivity contribution in [3.8, 4) is 0 Å². The van der Waals surface area contributed by atoms with E-state index >= 15 is 0 Å². The summed E-state index contributed by atoms with van der Waals surface area (Å²) in [6.07, 6.45) is 3.28. The molecule has 2 N–H and O–H groups in total. The molecule has 0 aromatic carbocycles. The number of aryl methyl sites for hydroxylation is 1. The van der Waals surface area contributed by atoms with Gasteiger partial charge < -0.3 is 19.7 Å². The zero-order valence-corrected chi connectivity index (χ0v) is 12.5. The highest BCUT2D eigenvalue weighted by molar-refractivity contribution is 5.95. The fourth-order valence-corrected chi connectivity index (χ4v) is 2.72. The van der Waals surface area contributed by atoms with E-state index in [1.54, 1.807) is 6.07 Å². The molecule has 2 rings (SSSR count). The molecule has 0 bridgehead atoms. The Kier molecular flexibility index (Phi) is 5.01. The average Bonchev–Trinajstić information content (AvgIpc) is 2.80. The fourth-order valence-electron chi connectivity index (χ4n) is 2.72. The summed E-state index contributed by atoms with van der Waals surface area (Å²) in [7, 11) is 1.87. The second-order valence-corrected chi connectivity index (χ2v) is 5.53. The van der Waals surface area contributed by atoms with Crippen LogP contribution in [0.3, 0.4) is 0 Å². The van der Waals surface area contributed by atoms with Gasteiger partial charge >= 0.3 is 5.97 Å². The van der Waals surface area contributed by atoms with Crippen LogP contribution in [0.2, 0.25) is 0 Å². The van der Waals surface area contributed by atoms with Crippen molar-refractivity contribution >= 4 is 11.9 Å². The fraction of sp³-hybridized carbons (Fsp3) is 0.600. The van der Waals surface area contributed by atoms with Gasteiger partial charge in [0.25, 0.3) is 5.91 Å². The van der Waals surface area contributed by atoms with Gasteiger partial charge in [-0.25, -0.2) is 0 Å². The number of nitrogens with zero attached hydrogens (tertiary/aromatic N) is 1. The summed E-state index contributed by atoms with van der Waals surface area (Å²) in [5, 5.41) is 12.1. The van der Waals surface area contributed by atoms with Crippen LogP contribution in [0.4, 0.5) is 0 Å². The Hall–Kier alpha value is -1.82. The van der Waals surface area contributed by atoms with Gasteiger partial charge in [-0.2, -0.15) is 0 Å². The van der Waals surface area contributed by atoms with E-state index < -0.39 is 11.9 Å². The van der Waals surface area contributed by atoms with Gasteiger partial charge in [0.15, 0.2) is 0 Å². The highest BCUT2D eigenvalue weighted by atomic mass is 16.5. The largest absolute Gasteiger partial charge is 0.481 e. The van der Waals surface area contributed by atoms with E-state index in [9.17, 15) is 14.7 Å². The lowest BCUT2D eigenvalue weighted by molar-refractivity contribution is -0.144. The van der Waals surface area contributed by atoms with E-state index in [2.05, 4.69) is 5.32 Å². The average molecular weight is 294 g/mol. The zero-order chi connectivity index (χ0) is 15.4. The first kappa shape index (κ1) is 15.6. The summed E-state index contributed by atoms with van der Waals surface area (Å²) in [6.45, 7) is 3.22. The van der Waals surface area contributed by atoms with E-state index in [1.165, 1.54) is 0 Å². The van der Waals surface area contributed by atoms with Crippen LogP contribution >= 0.6 is 0 Å². The molecule has 0 aliphatic carbocycles. The summed E-state index contributed by atoms with van der Waals surface area (Å²) in [5.41, 5.74) is 1.46. The number of aromatic nitrogens is 1. The Bertz CT molecular complexity index is 518. The maximum Gasteiger partial charge on any atom is 0.308 e. The zero-order valence-electron chi connectivity index (χ0n) is 12.5. The van der Waals surface area contributed by atoms with Crippen molar-refractivity contribution in [2.75, 3.05) is 19.8 Å². The lowest BCUT2D eigenvalue weighted by Crippen LogP contribution is -2.39. The number of amides is 1. The van der Waals surface area contributed by atoms with Gasteiger partial charge in [-0.15, -0.1) is 0 Å². The van der Waals surface area contributed by atoms with E-state index in [-0.39, 0.29) is 18.4 Å². The summed E-state index contributed by atoms with van der Waals surface area (Å²) in [5.74, 6) is -1.56. The van der Waals surface area contributed by atoms with Crippen molar-refractivity contribution in [3.05, 3.63) is 23.5 Å². The minimum atomic E-state index is -0.855. The van der Waals surface area contributed by atoms with Gasteiger partial charge in [0, 0.05) is 38.7 Å². The Morgan fingerprint density at radius 2 is 2.14 bits per heavy atom. The summed E-state index contributed by atoms with van der Waals surface area (Å²) < 4.78 is 7.12. The quantitative estimate of drug-likeness (QED) is 0.855. The SMILES string of the molecule is Cc1c(C(=O)NCC(C(=O)O)C2CCOCC2)ccn1C. The number of carbonyl (C=O) groups is 2. The molecule has 1 atom stereocenters. The van der Waals surface area contributed by atoms with Crippen LogP contribution in [0.5, 0.6) is 0 Å². The molecule has 1 amide bonds. The molecule has 116 valence electrons. The first-order valence-electron chi connectivity index (χ1n) is 7.21. The number of ether oxygens (including phenoxy) is 1. The van der Waals surface area contributed by atoms with E-state index in [0.29, 0.717) is 18.8 Å². The van der Waals surface area contributed by atoms with Gasteiger partial charge in [-0.1, -0.05) is 0 Å². The summed E-state index contributed by atoms with van der Waals surface area (Å²) in [6, 6.07) is 1.74. The topological polar surface area (TPSA) is 80.6 Å². The molecule has 6 heteroatoms. The molecule has 2 heterocycles. The molecular formula is C15H22N2O4. The highest BCUT2D eigenvalue weighted by Gasteiger charge is 2.30. The Labute approximate surface area is 124 Å². The minimum Gasteiger partial charge on any atom is -0.481 e. The molecule has 1 fully saturated rings. The molecule has 1 aromatic rings. The molecule has 1 unspecified atom stereocenters. The number of aliphatic carboxylic acids is 1. The van der Waals surface area contributed by atoms with Crippen molar-refractivity contribution in [2.24, 2.45) is 18.9 Å². The molecule has 0 radical (unpaired) electrons. The molecule has 6 nitrogen and oxygen atoms in total. The van der Waals surface area contributed by atoms with Crippen molar-refractivity contribution < 1.29 is 19.4 Å². The number of hydrogen-bond acceptors (Lipinski definition) is 3. The van der Waals surface area contributed by atoms with Gasteiger partial charge in [-0.3, -0.25) is 9.59 Å². The van der Waals surface area contributed by atoms with Crippen LogP contribution < -0.4 is 5.32 Å². The van der Waals surface area contributed by atoms with Gasteiger partial charge in [-0.05, 0) is 31.7 Å². The lowest BCUT2D eigenvalue weighted by atomic mass is 9.86. The molecule has 1 aromatic heterocycles. The van der Waals surface area contributed by atoms with E-state index in [4.69, 9.17) is 4.74 Å². The predicted octanol–water partition coefficient (Wildman–Crippen LogP) is 1.19. The summed E-state index contributed by atoms with van der Waals surface area (Å²) in [4.78, 5) is 23.6. The maximum atomic E-state index is 12.1. The number of nitrogens with one attached hydrogen (secondary N) is 1. The monoisotopic (exact) mass is 294 g/mol. The van der Waals surface area contributed by atoms with Crippen molar-refractivity contribution in [1.82, 2.24) is 9.88 Å². The molecule has 21 heavy (non-hydrogen) atoms. The summed E-state index contributed by atoms with van der Waals surface area (Å²) >= 11 is 0. The van der Waals surface area contributed by atoms with Crippen LogP contribution in [0, 0.1) is 18.8 Å². The van der Waals surface area contributed by atoms with Crippen molar-refractivity contribution in [3.63, 3.8) is 0 Å². The number of hydrogen-bond donors (Lipinski definition) is 2. The van der Waals surface area contributed by atoms with Crippen LogP contribution in [0.1, 0.15) is 28.9 Å². The number of carboxylic acid groups (broad SMARTS) is 1. The van der Waals surface area contributed by atoms with Gasteiger partial charge in [0.2, 0.25) is 0 Å².